The molecule has 0 unspecified atom stereocenters. The first-order valence-corrected chi connectivity index (χ1v) is 10.9. The maximum atomic E-state index is 13.5. The van der Waals surface area contributed by atoms with Gasteiger partial charge in [0, 0.05) is 19.0 Å². The van der Waals surface area contributed by atoms with Crippen molar-refractivity contribution < 1.29 is 13.6 Å². The van der Waals surface area contributed by atoms with Crippen LogP contribution in [0.2, 0.25) is 0 Å². The Morgan fingerprint density at radius 2 is 2.00 bits per heavy atom. The Kier molecular flexibility index (Phi) is 5.11. The van der Waals surface area contributed by atoms with E-state index in [9.17, 15) is 9.18 Å². The summed E-state index contributed by atoms with van der Waals surface area (Å²) >= 11 is 1.42. The number of rotatable bonds is 5. The second-order valence-corrected chi connectivity index (χ2v) is 8.60. The summed E-state index contributed by atoms with van der Waals surface area (Å²) < 4.78 is 19.8. The molecule has 2 aromatic heterocycles. The second-order valence-electron chi connectivity index (χ2n) is 7.56. The Balaban J connectivity index is 1.33. The molecule has 1 aliphatic rings. The Bertz CT molecular complexity index is 1250. The molecule has 4 aromatic rings. The maximum Gasteiger partial charge on any atom is 0.252 e. The summed E-state index contributed by atoms with van der Waals surface area (Å²) in [6.07, 6.45) is 2.77. The number of carbonyl (C=O) groups is 1. The first-order valence-electron chi connectivity index (χ1n) is 10.1. The lowest BCUT2D eigenvalue weighted by atomic mass is 10.1. The van der Waals surface area contributed by atoms with Crippen LogP contribution < -0.4 is 10.6 Å². The molecule has 1 fully saturated rings. The van der Waals surface area contributed by atoms with E-state index in [-0.39, 0.29) is 23.8 Å². The number of nitrogens with zero attached hydrogens (tertiary/aromatic N) is 3. The number of halogens is 1. The zero-order chi connectivity index (χ0) is 21.4. The molecule has 2 heterocycles. The summed E-state index contributed by atoms with van der Waals surface area (Å²) in [5.41, 5.74) is 1.86. The number of thiazole rings is 1. The Hall–Kier alpha value is -3.33. The third kappa shape index (κ3) is 4.00. The number of aryl methyl sites for hydroxylation is 1. The average molecular weight is 438 g/mol. The topological polar surface area (TPSA) is 92.9 Å². The van der Waals surface area contributed by atoms with Crippen molar-refractivity contribution in [2.45, 2.75) is 38.3 Å². The summed E-state index contributed by atoms with van der Waals surface area (Å²) in [6.45, 7) is 1.71. The minimum atomic E-state index is -0.274. The van der Waals surface area contributed by atoms with E-state index in [4.69, 9.17) is 4.42 Å². The number of aromatic nitrogens is 3. The molecule has 2 atom stereocenters. The predicted octanol–water partition coefficient (Wildman–Crippen LogP) is 4.56. The molecule has 5 rings (SSSR count). The van der Waals surface area contributed by atoms with Crippen molar-refractivity contribution in [2.75, 3.05) is 5.32 Å². The predicted molar refractivity (Wildman–Crippen MR) is 117 cm³/mol. The Morgan fingerprint density at radius 3 is 2.84 bits per heavy atom. The molecule has 1 amide bonds. The molecule has 2 N–H and O–H groups in total. The molecule has 7 nitrogen and oxygen atoms in total. The van der Waals surface area contributed by atoms with Crippen molar-refractivity contribution in [1.82, 2.24) is 20.5 Å². The molecule has 1 aliphatic carbocycles. The zero-order valence-electron chi connectivity index (χ0n) is 16.8. The number of fused-ring (bicyclic) bond motifs is 1. The number of hydrogen-bond acceptors (Lipinski definition) is 7. The molecule has 31 heavy (non-hydrogen) atoms. The van der Waals surface area contributed by atoms with Gasteiger partial charge in [0.2, 0.25) is 11.8 Å². The van der Waals surface area contributed by atoms with Crippen molar-refractivity contribution in [3.8, 4) is 11.5 Å². The fourth-order valence-corrected chi connectivity index (χ4v) is 4.90. The number of nitrogens with one attached hydrogen (secondary N) is 2. The van der Waals surface area contributed by atoms with Crippen LogP contribution in [0.4, 0.5) is 9.52 Å². The highest BCUT2D eigenvalue weighted by Crippen LogP contribution is 2.30. The first kappa shape index (κ1) is 19.6. The van der Waals surface area contributed by atoms with E-state index in [2.05, 4.69) is 25.8 Å². The summed E-state index contributed by atoms with van der Waals surface area (Å²) in [6, 6.07) is 11.8. The summed E-state index contributed by atoms with van der Waals surface area (Å²) in [5, 5.41) is 15.2. The number of anilines is 1. The highest BCUT2D eigenvalue weighted by Gasteiger charge is 2.30. The number of hydrogen-bond donors (Lipinski definition) is 2. The van der Waals surface area contributed by atoms with Crippen molar-refractivity contribution in [1.29, 1.82) is 0 Å². The standard InChI is InChI=1S/C22H20FN5O2S/c1-12-27-28-21(30-12)15-6-3-2-5-14(15)20(29)24-16-7-4-8-17(16)25-22-26-18-10-9-13(23)11-19(18)31-22/h2-3,5-6,9-11,16-17H,4,7-8H2,1H3,(H,24,29)(H,25,26)/t16-,17-/m1/s1. The summed E-state index contributed by atoms with van der Waals surface area (Å²) in [7, 11) is 0. The minimum absolute atomic E-state index is 0.0475. The maximum absolute atomic E-state index is 13.5. The van der Waals surface area contributed by atoms with Crippen LogP contribution in [0, 0.1) is 12.7 Å². The molecule has 0 bridgehead atoms. The van der Waals surface area contributed by atoms with E-state index in [0.29, 0.717) is 22.9 Å². The van der Waals surface area contributed by atoms with Crippen LogP contribution in [-0.4, -0.2) is 33.2 Å². The van der Waals surface area contributed by atoms with Crippen molar-refractivity contribution in [3.63, 3.8) is 0 Å². The SMILES string of the molecule is Cc1nnc(-c2ccccc2C(=O)N[C@@H]2CCC[C@H]2Nc2nc3ccc(F)cc3s2)o1. The fraction of sp³-hybridized carbons (Fsp3) is 0.273. The summed E-state index contributed by atoms with van der Waals surface area (Å²) in [4.78, 5) is 17.6. The molecule has 0 aliphatic heterocycles. The molecular formula is C22H20FN5O2S. The van der Waals surface area contributed by atoms with E-state index in [1.807, 2.05) is 12.1 Å². The molecule has 0 radical (unpaired) electrons. The minimum Gasteiger partial charge on any atom is -0.421 e. The highest BCUT2D eigenvalue weighted by molar-refractivity contribution is 7.22. The van der Waals surface area contributed by atoms with Gasteiger partial charge >= 0.3 is 0 Å². The van der Waals surface area contributed by atoms with Gasteiger partial charge in [0.05, 0.1) is 21.3 Å². The molecule has 1 saturated carbocycles. The average Bonchev–Trinajstić information content (AvgIpc) is 3.48. The number of amides is 1. The van der Waals surface area contributed by atoms with Gasteiger partial charge in [0.25, 0.3) is 5.91 Å². The third-order valence-corrected chi connectivity index (χ3v) is 6.37. The van der Waals surface area contributed by atoms with Crippen molar-refractivity contribution in [3.05, 3.63) is 59.7 Å². The van der Waals surface area contributed by atoms with Crippen molar-refractivity contribution >= 4 is 32.6 Å². The Labute approximate surface area is 181 Å². The van der Waals surface area contributed by atoms with E-state index in [1.54, 1.807) is 25.1 Å². The number of benzene rings is 2. The van der Waals surface area contributed by atoms with Gasteiger partial charge in [-0.05, 0) is 49.6 Å². The van der Waals surface area contributed by atoms with Gasteiger partial charge in [0.15, 0.2) is 5.13 Å². The van der Waals surface area contributed by atoms with Gasteiger partial charge in [-0.2, -0.15) is 0 Å². The summed E-state index contributed by atoms with van der Waals surface area (Å²) in [5.74, 6) is 0.312. The van der Waals surface area contributed by atoms with E-state index >= 15 is 0 Å². The second kappa shape index (κ2) is 8.07. The van der Waals surface area contributed by atoms with Crippen molar-refractivity contribution in [2.24, 2.45) is 0 Å². The fourth-order valence-electron chi connectivity index (χ4n) is 3.94. The quantitative estimate of drug-likeness (QED) is 0.476. The molecular weight excluding hydrogens is 417 g/mol. The Morgan fingerprint density at radius 1 is 1.16 bits per heavy atom. The van der Waals surface area contributed by atoms with Crippen LogP contribution >= 0.6 is 11.3 Å². The normalized spacial score (nSPS) is 18.4. The van der Waals surface area contributed by atoms with Gasteiger partial charge in [-0.25, -0.2) is 9.37 Å². The zero-order valence-corrected chi connectivity index (χ0v) is 17.6. The highest BCUT2D eigenvalue weighted by atomic mass is 32.1. The van der Waals surface area contributed by atoms with Gasteiger partial charge in [0.1, 0.15) is 5.82 Å². The largest absolute Gasteiger partial charge is 0.421 e. The van der Waals surface area contributed by atoms with Crippen LogP contribution in [0.15, 0.2) is 46.9 Å². The van der Waals surface area contributed by atoms with Crippen LogP contribution in [0.3, 0.4) is 0 Å². The molecule has 158 valence electrons. The monoisotopic (exact) mass is 437 g/mol. The van der Waals surface area contributed by atoms with Crippen LogP contribution in [-0.2, 0) is 0 Å². The third-order valence-electron chi connectivity index (χ3n) is 5.42. The smallest absolute Gasteiger partial charge is 0.252 e. The van der Waals surface area contributed by atoms with Crippen LogP contribution in [0.1, 0.15) is 35.5 Å². The van der Waals surface area contributed by atoms with Gasteiger partial charge in [-0.1, -0.05) is 23.5 Å². The van der Waals surface area contributed by atoms with E-state index in [1.165, 1.54) is 23.5 Å². The lowest BCUT2D eigenvalue weighted by molar-refractivity contribution is 0.0936. The van der Waals surface area contributed by atoms with Gasteiger partial charge in [-0.3, -0.25) is 4.79 Å². The molecule has 2 aromatic carbocycles. The molecule has 9 heteroatoms. The van der Waals surface area contributed by atoms with Gasteiger partial charge < -0.3 is 15.1 Å². The van der Waals surface area contributed by atoms with E-state index in [0.717, 1.165) is 34.6 Å². The molecule has 0 spiro atoms. The molecule has 0 saturated heterocycles. The lowest BCUT2D eigenvalue weighted by Crippen LogP contribution is -2.43. The lowest BCUT2D eigenvalue weighted by Gasteiger charge is -2.22. The van der Waals surface area contributed by atoms with Crippen LogP contribution in [0.25, 0.3) is 21.7 Å². The first-order chi connectivity index (χ1) is 15.1. The van der Waals surface area contributed by atoms with Crippen LogP contribution in [0.5, 0.6) is 0 Å². The number of carbonyl (C=O) groups excluding carboxylic acids is 1. The van der Waals surface area contributed by atoms with E-state index < -0.39 is 0 Å². The van der Waals surface area contributed by atoms with Gasteiger partial charge in [-0.15, -0.1) is 10.2 Å².